The van der Waals surface area contributed by atoms with E-state index < -0.39 is 28.4 Å². The highest BCUT2D eigenvalue weighted by Crippen LogP contribution is 2.38. The fraction of sp³-hybridized carbons (Fsp3) is 0.571. The second kappa shape index (κ2) is 7.63. The predicted molar refractivity (Wildman–Crippen MR) is 87.3 cm³/mol. The van der Waals surface area contributed by atoms with Crippen molar-refractivity contribution in [1.29, 1.82) is 0 Å². The Hall–Kier alpha value is -0.440. The molecular formula is C14H17ClF3NO2S2. The van der Waals surface area contributed by atoms with Gasteiger partial charge in [-0.25, -0.2) is 12.7 Å². The summed E-state index contributed by atoms with van der Waals surface area (Å²) in [6.45, 7) is 0.439. The van der Waals surface area contributed by atoms with Gasteiger partial charge in [-0.15, -0.1) is 0 Å². The van der Waals surface area contributed by atoms with E-state index in [2.05, 4.69) is 0 Å². The second-order valence-corrected chi connectivity index (χ2v) is 9.06. The van der Waals surface area contributed by atoms with Crippen LogP contribution in [0.15, 0.2) is 24.3 Å². The summed E-state index contributed by atoms with van der Waals surface area (Å²) in [5.41, 5.74) is 0.939. The van der Waals surface area contributed by atoms with Gasteiger partial charge in [-0.3, -0.25) is 0 Å². The highest BCUT2D eigenvalue weighted by molar-refractivity contribution is 7.99. The Morgan fingerprint density at radius 3 is 2.61 bits per heavy atom. The van der Waals surface area contributed by atoms with Crippen molar-refractivity contribution >= 4 is 33.4 Å². The molecule has 0 spiro atoms. The van der Waals surface area contributed by atoms with Gasteiger partial charge in [-0.05, 0) is 18.1 Å². The van der Waals surface area contributed by atoms with Crippen molar-refractivity contribution in [3.63, 3.8) is 0 Å². The van der Waals surface area contributed by atoms with Crippen LogP contribution in [-0.2, 0) is 10.0 Å². The van der Waals surface area contributed by atoms with Crippen molar-refractivity contribution in [2.45, 2.75) is 24.3 Å². The maximum absolute atomic E-state index is 12.3. The van der Waals surface area contributed by atoms with Gasteiger partial charge in [0.1, 0.15) is 0 Å². The lowest BCUT2D eigenvalue weighted by Crippen LogP contribution is -2.36. The van der Waals surface area contributed by atoms with Crippen LogP contribution in [0.1, 0.15) is 23.7 Å². The molecule has 1 fully saturated rings. The number of sulfonamides is 1. The predicted octanol–water partition coefficient (Wildman–Crippen LogP) is 4.10. The van der Waals surface area contributed by atoms with Crippen molar-refractivity contribution in [3.05, 3.63) is 34.9 Å². The number of hydrogen-bond donors (Lipinski definition) is 0. The Kier molecular flexibility index (Phi) is 6.27. The normalized spacial score (nSPS) is 21.1. The maximum atomic E-state index is 12.3. The Morgan fingerprint density at radius 2 is 1.96 bits per heavy atom. The van der Waals surface area contributed by atoms with Crippen molar-refractivity contribution in [2.75, 3.05) is 24.6 Å². The summed E-state index contributed by atoms with van der Waals surface area (Å²) in [6.07, 6.45) is -5.25. The molecule has 0 N–H and O–H groups in total. The summed E-state index contributed by atoms with van der Waals surface area (Å²) in [4.78, 5) is 0. The smallest absolute Gasteiger partial charge is 0.212 e. The first-order valence-electron chi connectivity index (χ1n) is 7.10. The van der Waals surface area contributed by atoms with Crippen molar-refractivity contribution in [1.82, 2.24) is 4.31 Å². The van der Waals surface area contributed by atoms with Gasteiger partial charge < -0.3 is 0 Å². The largest absolute Gasteiger partial charge is 0.390 e. The van der Waals surface area contributed by atoms with E-state index in [1.165, 1.54) is 4.31 Å². The first kappa shape index (κ1) is 18.9. The Morgan fingerprint density at radius 1 is 1.26 bits per heavy atom. The van der Waals surface area contributed by atoms with Crippen LogP contribution in [0.25, 0.3) is 0 Å². The molecule has 0 aromatic heterocycles. The van der Waals surface area contributed by atoms with E-state index in [9.17, 15) is 21.6 Å². The van der Waals surface area contributed by atoms with Crippen molar-refractivity contribution in [3.8, 4) is 0 Å². The number of nitrogens with zero attached hydrogens (tertiary/aromatic N) is 1. The lowest BCUT2D eigenvalue weighted by atomic mass is 10.1. The standard InChI is InChI=1S/C14H17ClF3NO2S2/c15-12-4-2-1-3-11(12)13-5-7-19(8-9-22-13)23(20,21)10-6-14(16,17)18/h1-4,13H,5-10H2/t13-/m0/s1. The SMILES string of the molecule is O=S(=O)(CCC(F)(F)F)N1CCS[C@H](c2ccccc2Cl)CC1. The van der Waals surface area contributed by atoms with E-state index in [0.29, 0.717) is 17.2 Å². The van der Waals surface area contributed by atoms with E-state index >= 15 is 0 Å². The first-order valence-corrected chi connectivity index (χ1v) is 10.1. The van der Waals surface area contributed by atoms with E-state index in [4.69, 9.17) is 11.6 Å². The van der Waals surface area contributed by atoms with Gasteiger partial charge in [0, 0.05) is 29.1 Å². The fourth-order valence-electron chi connectivity index (χ4n) is 2.39. The summed E-state index contributed by atoms with van der Waals surface area (Å²) in [7, 11) is -3.89. The molecule has 3 nitrogen and oxygen atoms in total. The van der Waals surface area contributed by atoms with E-state index in [0.717, 1.165) is 5.56 Å². The molecule has 1 aliphatic rings. The van der Waals surface area contributed by atoms with Crippen molar-refractivity contribution < 1.29 is 21.6 Å². The summed E-state index contributed by atoms with van der Waals surface area (Å²) in [5, 5.41) is 0.671. The second-order valence-electron chi connectivity index (χ2n) is 5.25. The molecule has 0 saturated carbocycles. The van der Waals surface area contributed by atoms with Gasteiger partial charge >= 0.3 is 6.18 Å². The summed E-state index contributed by atoms with van der Waals surface area (Å²) >= 11 is 7.75. The molecule has 0 aliphatic carbocycles. The molecule has 9 heteroatoms. The Bertz CT molecular complexity index is 637. The molecule has 23 heavy (non-hydrogen) atoms. The van der Waals surface area contributed by atoms with Crippen LogP contribution in [0.5, 0.6) is 0 Å². The number of alkyl halides is 3. The van der Waals surface area contributed by atoms with Crippen LogP contribution in [0, 0.1) is 0 Å². The molecular weight excluding hydrogens is 371 g/mol. The van der Waals surface area contributed by atoms with Crippen LogP contribution in [-0.4, -0.2) is 43.5 Å². The number of hydrogen-bond acceptors (Lipinski definition) is 3. The average Bonchev–Trinajstić information content (AvgIpc) is 2.71. The van der Waals surface area contributed by atoms with Gasteiger partial charge in [0.2, 0.25) is 10.0 Å². The van der Waals surface area contributed by atoms with Gasteiger partial charge in [-0.2, -0.15) is 24.9 Å². The number of rotatable bonds is 4. The monoisotopic (exact) mass is 387 g/mol. The van der Waals surface area contributed by atoms with Crippen LogP contribution in [0.2, 0.25) is 5.02 Å². The van der Waals surface area contributed by atoms with Crippen LogP contribution in [0.4, 0.5) is 13.2 Å². The molecule has 0 bridgehead atoms. The zero-order chi connectivity index (χ0) is 17.1. The Balaban J connectivity index is 2.02. The molecule has 1 saturated heterocycles. The number of thioether (sulfide) groups is 1. The first-order chi connectivity index (χ1) is 10.7. The third-order valence-corrected chi connectivity index (χ3v) is 7.12. The molecule has 0 radical (unpaired) electrons. The average molecular weight is 388 g/mol. The molecule has 1 atom stereocenters. The molecule has 0 unspecified atom stereocenters. The molecule has 2 rings (SSSR count). The van der Waals surface area contributed by atoms with Gasteiger partial charge in [0.05, 0.1) is 12.2 Å². The zero-order valence-corrected chi connectivity index (χ0v) is 14.6. The third-order valence-electron chi connectivity index (χ3n) is 3.59. The lowest BCUT2D eigenvalue weighted by molar-refractivity contribution is -0.130. The highest BCUT2D eigenvalue weighted by Gasteiger charge is 2.33. The van der Waals surface area contributed by atoms with Gasteiger partial charge in [0.25, 0.3) is 0 Å². The fourth-order valence-corrected chi connectivity index (χ4v) is 5.60. The molecule has 0 amide bonds. The van der Waals surface area contributed by atoms with E-state index in [1.54, 1.807) is 17.8 Å². The minimum Gasteiger partial charge on any atom is -0.212 e. The molecule has 1 heterocycles. The topological polar surface area (TPSA) is 37.4 Å². The highest BCUT2D eigenvalue weighted by atomic mass is 35.5. The van der Waals surface area contributed by atoms with E-state index in [1.807, 2.05) is 18.2 Å². The zero-order valence-electron chi connectivity index (χ0n) is 12.2. The number of halogens is 4. The summed E-state index contributed by atoms with van der Waals surface area (Å²) in [6, 6.07) is 7.36. The minimum atomic E-state index is -4.46. The quantitative estimate of drug-likeness (QED) is 0.780. The van der Waals surface area contributed by atoms with Crippen LogP contribution in [0.3, 0.4) is 0 Å². The summed E-state index contributed by atoms with van der Waals surface area (Å²) < 4.78 is 62.1. The van der Waals surface area contributed by atoms with Gasteiger partial charge in [0.15, 0.2) is 0 Å². The Labute approximate surface area is 143 Å². The molecule has 1 aliphatic heterocycles. The minimum absolute atomic E-state index is 0.0477. The maximum Gasteiger partial charge on any atom is 0.390 e. The molecule has 1 aromatic carbocycles. The van der Waals surface area contributed by atoms with Crippen LogP contribution >= 0.6 is 23.4 Å². The van der Waals surface area contributed by atoms with Gasteiger partial charge in [-0.1, -0.05) is 29.8 Å². The number of benzene rings is 1. The third kappa shape index (κ3) is 5.55. The lowest BCUT2D eigenvalue weighted by Gasteiger charge is -2.20. The van der Waals surface area contributed by atoms with E-state index in [-0.39, 0.29) is 18.3 Å². The van der Waals surface area contributed by atoms with Crippen molar-refractivity contribution in [2.24, 2.45) is 0 Å². The molecule has 1 aromatic rings. The summed E-state index contributed by atoms with van der Waals surface area (Å²) in [5.74, 6) is -0.362. The van der Waals surface area contributed by atoms with Crippen LogP contribution < -0.4 is 0 Å². The molecule has 130 valence electrons.